The molecule has 1 saturated heterocycles. The second kappa shape index (κ2) is 9.09. The van der Waals surface area contributed by atoms with Crippen LogP contribution in [-0.4, -0.2) is 35.7 Å². The van der Waals surface area contributed by atoms with Gasteiger partial charge in [0.1, 0.15) is 29.3 Å². The molecule has 5 heterocycles. The standard InChI is InChI=1S/C21H18ClN9O.H2S/c22-15-6-9-31-17(15)21(32)30(11-13-4-1-2-7-25-13)20(28-31)16-5-3-8-29(16)19-14(10-23)18(24)26-12-27-19;/h1-2,4,6-7,9,12,16H,3,5,8,11H2,(H2,24,26,27);1H2/t16-;/m0./s1. The van der Waals surface area contributed by atoms with Crippen LogP contribution in [0, 0.1) is 11.3 Å². The second-order valence-electron chi connectivity index (χ2n) is 7.45. The highest BCUT2D eigenvalue weighted by Gasteiger charge is 2.34. The zero-order valence-electron chi connectivity index (χ0n) is 17.4. The number of hydrogen-bond acceptors (Lipinski definition) is 8. The Morgan fingerprint density at radius 3 is 2.85 bits per heavy atom. The number of nitrogens with two attached hydrogens (primary N) is 1. The number of fused-ring (bicyclic) bond motifs is 1. The molecule has 0 radical (unpaired) electrons. The minimum atomic E-state index is -0.293. The summed E-state index contributed by atoms with van der Waals surface area (Å²) in [4.78, 5) is 28.1. The second-order valence-corrected chi connectivity index (χ2v) is 7.86. The first-order valence-corrected chi connectivity index (χ1v) is 10.4. The Bertz CT molecular complexity index is 1410. The lowest BCUT2D eigenvalue weighted by atomic mass is 10.2. The maximum Gasteiger partial charge on any atom is 0.279 e. The van der Waals surface area contributed by atoms with Crippen LogP contribution in [0.1, 0.15) is 36.0 Å². The fraction of sp³-hybridized carbons (Fsp3) is 0.238. The maximum atomic E-state index is 13.5. The van der Waals surface area contributed by atoms with Crippen molar-refractivity contribution < 1.29 is 0 Å². The summed E-state index contributed by atoms with van der Waals surface area (Å²) in [6.45, 7) is 0.876. The zero-order chi connectivity index (χ0) is 22.2. The topological polar surface area (TPSA) is 131 Å². The first-order valence-electron chi connectivity index (χ1n) is 10.0. The van der Waals surface area contributed by atoms with Gasteiger partial charge < -0.3 is 10.6 Å². The summed E-state index contributed by atoms with van der Waals surface area (Å²) < 4.78 is 3.11. The lowest BCUT2D eigenvalue weighted by Gasteiger charge is -2.27. The van der Waals surface area contributed by atoms with E-state index in [1.54, 1.807) is 23.0 Å². The molecule has 0 unspecified atom stereocenters. The Morgan fingerprint density at radius 2 is 2.09 bits per heavy atom. The molecule has 1 fully saturated rings. The molecule has 1 aliphatic rings. The van der Waals surface area contributed by atoms with Gasteiger partial charge in [-0.3, -0.25) is 14.3 Å². The number of anilines is 2. The number of hydrogen-bond donors (Lipinski definition) is 1. The molecule has 1 atom stereocenters. The minimum Gasteiger partial charge on any atom is -0.382 e. The van der Waals surface area contributed by atoms with E-state index in [4.69, 9.17) is 22.4 Å². The van der Waals surface area contributed by atoms with Crippen molar-refractivity contribution in [2.75, 3.05) is 17.2 Å². The van der Waals surface area contributed by atoms with Crippen molar-refractivity contribution in [3.05, 3.63) is 75.4 Å². The van der Waals surface area contributed by atoms with Crippen molar-refractivity contribution in [2.24, 2.45) is 0 Å². The van der Waals surface area contributed by atoms with Gasteiger partial charge in [-0.2, -0.15) is 23.9 Å². The van der Waals surface area contributed by atoms with Gasteiger partial charge in [0.05, 0.1) is 23.3 Å². The Labute approximate surface area is 200 Å². The average molecular weight is 482 g/mol. The summed E-state index contributed by atoms with van der Waals surface area (Å²) in [6.07, 6.45) is 6.24. The van der Waals surface area contributed by atoms with Crippen LogP contribution >= 0.6 is 25.1 Å². The first-order chi connectivity index (χ1) is 15.6. The van der Waals surface area contributed by atoms with Crippen LogP contribution in [0.25, 0.3) is 5.52 Å². The molecule has 5 rings (SSSR count). The summed E-state index contributed by atoms with van der Waals surface area (Å²) >= 11 is 6.28. The Morgan fingerprint density at radius 1 is 1.24 bits per heavy atom. The summed E-state index contributed by atoms with van der Waals surface area (Å²) in [5, 5.41) is 14.7. The molecular formula is C21H20ClN9OS. The molecule has 0 aliphatic carbocycles. The fourth-order valence-electron chi connectivity index (χ4n) is 4.13. The third kappa shape index (κ3) is 3.88. The third-order valence-electron chi connectivity index (χ3n) is 5.59. The van der Waals surface area contributed by atoms with E-state index in [-0.39, 0.29) is 43.0 Å². The molecule has 1 aliphatic heterocycles. The molecule has 4 aromatic heterocycles. The lowest BCUT2D eigenvalue weighted by Crippen LogP contribution is -2.34. The smallest absolute Gasteiger partial charge is 0.279 e. The Kier molecular flexibility index (Phi) is 6.22. The van der Waals surface area contributed by atoms with Crippen LogP contribution in [0.3, 0.4) is 0 Å². The van der Waals surface area contributed by atoms with E-state index in [2.05, 4.69) is 21.0 Å². The van der Waals surface area contributed by atoms with Crippen molar-refractivity contribution in [2.45, 2.75) is 25.4 Å². The highest BCUT2D eigenvalue weighted by atomic mass is 35.5. The van der Waals surface area contributed by atoms with Gasteiger partial charge in [-0.05, 0) is 31.0 Å². The van der Waals surface area contributed by atoms with Crippen LogP contribution in [0.15, 0.2) is 47.8 Å². The van der Waals surface area contributed by atoms with Gasteiger partial charge in [-0.25, -0.2) is 14.5 Å². The molecule has 0 bridgehead atoms. The molecule has 10 nitrogen and oxygen atoms in total. The minimum absolute atomic E-state index is 0. The predicted molar refractivity (Wildman–Crippen MR) is 129 cm³/mol. The Hall–Kier alpha value is -3.62. The van der Waals surface area contributed by atoms with E-state index in [1.807, 2.05) is 23.1 Å². The third-order valence-corrected chi connectivity index (χ3v) is 5.89. The van der Waals surface area contributed by atoms with Crippen molar-refractivity contribution >= 4 is 42.2 Å². The van der Waals surface area contributed by atoms with Crippen LogP contribution in [-0.2, 0) is 6.54 Å². The predicted octanol–water partition coefficient (Wildman–Crippen LogP) is 2.29. The number of rotatable bonds is 4. The van der Waals surface area contributed by atoms with Gasteiger partial charge in [-0.1, -0.05) is 17.7 Å². The van der Waals surface area contributed by atoms with Crippen LogP contribution in [0.4, 0.5) is 11.6 Å². The Balaban J connectivity index is 0.00000259. The van der Waals surface area contributed by atoms with Gasteiger partial charge in [0.15, 0.2) is 11.6 Å². The van der Waals surface area contributed by atoms with Crippen molar-refractivity contribution in [3.8, 4) is 6.07 Å². The summed E-state index contributed by atoms with van der Waals surface area (Å²) in [7, 11) is 0. The number of nitrogens with zero attached hydrogens (tertiary/aromatic N) is 8. The van der Waals surface area contributed by atoms with E-state index < -0.39 is 0 Å². The molecular weight excluding hydrogens is 462 g/mol. The van der Waals surface area contributed by atoms with Crippen LogP contribution in [0.5, 0.6) is 0 Å². The molecule has 0 aromatic carbocycles. The van der Waals surface area contributed by atoms with Crippen molar-refractivity contribution in [3.63, 3.8) is 0 Å². The van der Waals surface area contributed by atoms with Gasteiger partial charge in [0.25, 0.3) is 5.56 Å². The van der Waals surface area contributed by atoms with E-state index in [0.717, 1.165) is 18.5 Å². The van der Waals surface area contributed by atoms with Crippen LogP contribution < -0.4 is 16.2 Å². The van der Waals surface area contributed by atoms with Gasteiger partial charge in [-0.15, -0.1) is 0 Å². The zero-order valence-corrected chi connectivity index (χ0v) is 19.1. The molecule has 0 saturated carbocycles. The highest BCUT2D eigenvalue weighted by molar-refractivity contribution is 7.59. The largest absolute Gasteiger partial charge is 0.382 e. The average Bonchev–Trinajstić information content (AvgIpc) is 3.43. The summed E-state index contributed by atoms with van der Waals surface area (Å²) in [5.74, 6) is 1.10. The van der Waals surface area contributed by atoms with Gasteiger partial charge >= 0.3 is 0 Å². The first kappa shape index (κ1) is 22.6. The van der Waals surface area contributed by atoms with E-state index in [1.165, 1.54) is 10.8 Å². The number of aromatic nitrogens is 6. The highest BCUT2D eigenvalue weighted by Crippen LogP contribution is 2.36. The SMILES string of the molecule is N#Cc1c(N)ncnc1N1CCC[C@H]1c1nn2ccc(Cl)c2c(=O)n1Cc1ccccn1.S. The molecule has 12 heteroatoms. The van der Waals surface area contributed by atoms with Crippen LogP contribution in [0.2, 0.25) is 5.02 Å². The van der Waals surface area contributed by atoms with Crippen molar-refractivity contribution in [1.82, 2.24) is 29.1 Å². The molecule has 2 N–H and O–H groups in total. The van der Waals surface area contributed by atoms with E-state index >= 15 is 0 Å². The number of halogens is 1. The number of nitrogen functional groups attached to an aromatic ring is 1. The van der Waals surface area contributed by atoms with Gasteiger partial charge in [0.2, 0.25) is 0 Å². The summed E-state index contributed by atoms with van der Waals surface area (Å²) in [6, 6.07) is 8.99. The summed E-state index contributed by atoms with van der Waals surface area (Å²) in [5.41, 5.74) is 6.90. The quantitative estimate of drug-likeness (QED) is 0.469. The molecule has 4 aromatic rings. The molecule has 33 heavy (non-hydrogen) atoms. The fourth-order valence-corrected chi connectivity index (χ4v) is 4.36. The normalized spacial score (nSPS) is 15.4. The van der Waals surface area contributed by atoms with E-state index in [0.29, 0.717) is 28.7 Å². The number of pyridine rings is 1. The lowest BCUT2D eigenvalue weighted by molar-refractivity contribution is 0.550. The molecule has 168 valence electrons. The monoisotopic (exact) mass is 481 g/mol. The number of nitriles is 1. The maximum absolute atomic E-state index is 13.5. The molecule has 0 amide bonds. The molecule has 0 spiro atoms. The van der Waals surface area contributed by atoms with Crippen molar-refractivity contribution in [1.29, 1.82) is 5.26 Å². The van der Waals surface area contributed by atoms with E-state index in [9.17, 15) is 10.1 Å². The van der Waals surface area contributed by atoms with Gasteiger partial charge in [0, 0.05) is 18.9 Å².